The second kappa shape index (κ2) is 6.25. The van der Waals surface area contributed by atoms with Crippen molar-refractivity contribution in [1.82, 2.24) is 10.6 Å². The first-order valence-corrected chi connectivity index (χ1v) is 9.21. The van der Waals surface area contributed by atoms with Crippen molar-refractivity contribution >= 4 is 6.09 Å². The van der Waals surface area contributed by atoms with Gasteiger partial charge in [-0.1, -0.05) is 12.8 Å². The summed E-state index contributed by atoms with van der Waals surface area (Å²) in [5, 5.41) is 6.75. The van der Waals surface area contributed by atoms with Crippen LogP contribution in [0.4, 0.5) is 4.79 Å². The topological polar surface area (TPSA) is 59.6 Å². The van der Waals surface area contributed by atoms with E-state index in [9.17, 15) is 4.79 Å². The lowest BCUT2D eigenvalue weighted by atomic mass is 9.60. The predicted octanol–water partition coefficient (Wildman–Crippen LogP) is 2.98. The average molecular weight is 324 g/mol. The minimum Gasteiger partial charge on any atom is -0.444 e. The molecule has 3 aliphatic rings. The number of carbonyl (C=O) groups excluding carboxylic acids is 1. The predicted molar refractivity (Wildman–Crippen MR) is 89.4 cm³/mol. The molecule has 3 saturated carbocycles. The summed E-state index contributed by atoms with van der Waals surface area (Å²) in [6.07, 6.45) is 7.47. The third-order valence-corrected chi connectivity index (χ3v) is 5.60. The van der Waals surface area contributed by atoms with Gasteiger partial charge < -0.3 is 20.1 Å². The first-order valence-electron chi connectivity index (χ1n) is 9.21. The van der Waals surface area contributed by atoms with Crippen LogP contribution in [-0.4, -0.2) is 42.5 Å². The van der Waals surface area contributed by atoms with Gasteiger partial charge in [0.05, 0.1) is 6.10 Å². The van der Waals surface area contributed by atoms with Gasteiger partial charge in [0, 0.05) is 30.1 Å². The van der Waals surface area contributed by atoms with Crippen molar-refractivity contribution < 1.29 is 14.3 Å². The highest BCUT2D eigenvalue weighted by atomic mass is 16.6. The third kappa shape index (κ3) is 3.66. The maximum Gasteiger partial charge on any atom is 0.407 e. The molecule has 3 aliphatic carbocycles. The Morgan fingerprint density at radius 3 is 2.48 bits per heavy atom. The van der Waals surface area contributed by atoms with E-state index in [4.69, 9.17) is 9.47 Å². The Morgan fingerprint density at radius 2 is 1.87 bits per heavy atom. The summed E-state index contributed by atoms with van der Waals surface area (Å²) in [6.45, 7) is 8.57. The van der Waals surface area contributed by atoms with Crippen LogP contribution in [0.1, 0.15) is 66.2 Å². The molecule has 0 bridgehead atoms. The van der Waals surface area contributed by atoms with Crippen molar-refractivity contribution in [3.05, 3.63) is 0 Å². The lowest BCUT2D eigenvalue weighted by molar-refractivity contribution is -0.130. The number of amides is 1. The molecule has 5 heteroatoms. The molecule has 5 nitrogen and oxygen atoms in total. The molecule has 0 aliphatic heterocycles. The molecular weight excluding hydrogens is 292 g/mol. The van der Waals surface area contributed by atoms with E-state index >= 15 is 0 Å². The fourth-order valence-electron chi connectivity index (χ4n) is 4.38. The Kier molecular flexibility index (Phi) is 4.62. The lowest BCUT2D eigenvalue weighted by Gasteiger charge is -2.54. The Morgan fingerprint density at radius 1 is 1.17 bits per heavy atom. The zero-order chi connectivity index (χ0) is 16.7. The van der Waals surface area contributed by atoms with E-state index in [1.807, 2.05) is 20.8 Å². The molecule has 1 spiro atoms. The molecule has 0 aromatic rings. The van der Waals surface area contributed by atoms with Crippen molar-refractivity contribution in [1.29, 1.82) is 0 Å². The number of alkyl carbamates (subject to hydrolysis) is 1. The smallest absolute Gasteiger partial charge is 0.407 e. The van der Waals surface area contributed by atoms with Crippen molar-refractivity contribution in [2.75, 3.05) is 6.61 Å². The third-order valence-electron chi connectivity index (χ3n) is 5.60. The molecule has 0 aromatic carbocycles. The molecule has 0 saturated heterocycles. The van der Waals surface area contributed by atoms with Gasteiger partial charge in [0.1, 0.15) is 5.60 Å². The van der Waals surface area contributed by atoms with Gasteiger partial charge in [0.25, 0.3) is 0 Å². The highest BCUT2D eigenvalue weighted by molar-refractivity contribution is 5.68. The van der Waals surface area contributed by atoms with Crippen LogP contribution in [0.15, 0.2) is 0 Å². The monoisotopic (exact) mass is 324 g/mol. The van der Waals surface area contributed by atoms with Crippen LogP contribution in [0, 0.1) is 5.41 Å². The van der Waals surface area contributed by atoms with E-state index in [1.165, 1.54) is 25.7 Å². The largest absolute Gasteiger partial charge is 0.444 e. The highest BCUT2D eigenvalue weighted by Crippen LogP contribution is 2.55. The molecule has 4 atom stereocenters. The second-order valence-corrected chi connectivity index (χ2v) is 8.43. The van der Waals surface area contributed by atoms with Crippen LogP contribution in [0.25, 0.3) is 0 Å². The van der Waals surface area contributed by atoms with Crippen molar-refractivity contribution in [2.45, 2.75) is 96.1 Å². The Labute approximate surface area is 139 Å². The number of rotatable bonds is 5. The fourth-order valence-corrected chi connectivity index (χ4v) is 4.38. The fraction of sp³-hybridized carbons (Fsp3) is 0.944. The zero-order valence-corrected chi connectivity index (χ0v) is 15.0. The summed E-state index contributed by atoms with van der Waals surface area (Å²) in [7, 11) is 0. The zero-order valence-electron chi connectivity index (χ0n) is 15.0. The molecule has 3 rings (SSSR count). The van der Waals surface area contributed by atoms with Gasteiger partial charge >= 0.3 is 6.09 Å². The van der Waals surface area contributed by atoms with Gasteiger partial charge in [-0.3, -0.25) is 0 Å². The maximum atomic E-state index is 11.8. The summed E-state index contributed by atoms with van der Waals surface area (Å²) in [5.41, 5.74) is -0.0798. The first kappa shape index (κ1) is 17.0. The van der Waals surface area contributed by atoms with Gasteiger partial charge in [0.15, 0.2) is 0 Å². The van der Waals surface area contributed by atoms with Crippen LogP contribution in [0.5, 0.6) is 0 Å². The Hall–Kier alpha value is -0.810. The van der Waals surface area contributed by atoms with Gasteiger partial charge in [-0.15, -0.1) is 0 Å². The molecule has 0 heterocycles. The Balaban J connectivity index is 1.46. The van der Waals surface area contributed by atoms with Gasteiger partial charge in [-0.25, -0.2) is 4.79 Å². The van der Waals surface area contributed by atoms with E-state index in [-0.39, 0.29) is 12.1 Å². The molecule has 4 unspecified atom stereocenters. The maximum absolute atomic E-state index is 11.8. The van der Waals surface area contributed by atoms with Crippen LogP contribution < -0.4 is 10.6 Å². The quantitative estimate of drug-likeness (QED) is 0.816. The Bertz CT molecular complexity index is 440. The van der Waals surface area contributed by atoms with Crippen molar-refractivity contribution in [3.8, 4) is 0 Å². The van der Waals surface area contributed by atoms with Gasteiger partial charge in [-0.05, 0) is 53.4 Å². The average Bonchev–Trinajstić information content (AvgIpc) is 2.96. The number of nitrogens with one attached hydrogen (secondary N) is 2. The van der Waals surface area contributed by atoms with E-state index in [0.717, 1.165) is 19.4 Å². The van der Waals surface area contributed by atoms with Crippen molar-refractivity contribution in [2.24, 2.45) is 5.41 Å². The van der Waals surface area contributed by atoms with Gasteiger partial charge in [-0.2, -0.15) is 0 Å². The molecule has 0 radical (unpaired) electrons. The molecule has 132 valence electrons. The lowest BCUT2D eigenvalue weighted by Crippen LogP contribution is -2.63. The first-order chi connectivity index (χ1) is 10.8. The van der Waals surface area contributed by atoms with E-state index in [1.54, 1.807) is 0 Å². The summed E-state index contributed by atoms with van der Waals surface area (Å²) in [5.74, 6) is 0. The summed E-state index contributed by atoms with van der Waals surface area (Å²) in [6, 6.07) is 1.17. The normalized spacial score (nSPS) is 35.0. The summed E-state index contributed by atoms with van der Waals surface area (Å²) < 4.78 is 11.3. The van der Waals surface area contributed by atoms with E-state index in [0.29, 0.717) is 23.6 Å². The minimum atomic E-state index is -0.436. The number of carbonyl (C=O) groups is 1. The second-order valence-electron chi connectivity index (χ2n) is 8.43. The molecule has 0 aromatic heterocycles. The molecular formula is C18H32N2O3. The van der Waals surface area contributed by atoms with Crippen LogP contribution in [0.2, 0.25) is 0 Å². The summed E-state index contributed by atoms with van der Waals surface area (Å²) >= 11 is 0. The van der Waals surface area contributed by atoms with E-state index < -0.39 is 5.60 Å². The highest BCUT2D eigenvalue weighted by Gasteiger charge is 2.58. The standard InChI is InChI=1S/C18H32N2O3/c1-5-22-15-11-14(18(15)8-6-7-9-18)19-12-10-13(12)20-16(21)23-17(2,3)4/h12-15,19H,5-11H2,1-4H3,(H,20,21). The van der Waals surface area contributed by atoms with Gasteiger partial charge in [0.2, 0.25) is 0 Å². The number of hydrogen-bond acceptors (Lipinski definition) is 4. The SMILES string of the molecule is CCOC1CC(NC2CC2NC(=O)OC(C)(C)C)C12CCCC2. The molecule has 1 amide bonds. The van der Waals surface area contributed by atoms with Crippen molar-refractivity contribution in [3.63, 3.8) is 0 Å². The van der Waals surface area contributed by atoms with Crippen LogP contribution in [-0.2, 0) is 9.47 Å². The molecule has 3 fully saturated rings. The number of hydrogen-bond donors (Lipinski definition) is 2. The minimum absolute atomic E-state index is 0.217. The molecule has 23 heavy (non-hydrogen) atoms. The van der Waals surface area contributed by atoms with Crippen LogP contribution >= 0.6 is 0 Å². The van der Waals surface area contributed by atoms with Crippen LogP contribution in [0.3, 0.4) is 0 Å². The number of ether oxygens (including phenoxy) is 2. The molecule has 2 N–H and O–H groups in total. The summed E-state index contributed by atoms with van der Waals surface area (Å²) in [4.78, 5) is 11.8. The van der Waals surface area contributed by atoms with E-state index in [2.05, 4.69) is 17.6 Å².